The van der Waals surface area contributed by atoms with Crippen molar-refractivity contribution in [2.75, 3.05) is 62.3 Å². The summed E-state index contributed by atoms with van der Waals surface area (Å²) < 4.78 is 5.39. The Balaban J connectivity index is 1.31. The molecule has 0 saturated carbocycles. The third-order valence-corrected chi connectivity index (χ3v) is 5.80. The molecule has 0 N–H and O–H groups in total. The summed E-state index contributed by atoms with van der Waals surface area (Å²) >= 11 is 12.1. The van der Waals surface area contributed by atoms with Crippen molar-refractivity contribution >= 4 is 34.8 Å². The second-order valence-electron chi connectivity index (χ2n) is 6.86. The van der Waals surface area contributed by atoms with E-state index in [0.717, 1.165) is 70.7 Å². The molecule has 1 aromatic carbocycles. The van der Waals surface area contributed by atoms with Gasteiger partial charge in [-0.2, -0.15) is 0 Å². The highest BCUT2D eigenvalue weighted by Gasteiger charge is 2.19. The quantitative estimate of drug-likeness (QED) is 0.775. The van der Waals surface area contributed by atoms with Crippen LogP contribution in [0.1, 0.15) is 5.56 Å². The number of rotatable bonds is 4. The number of benzene rings is 1. The standard InChI is InChI=1S/C19H23Cl2N5O/c20-16-2-1-15(13-17(16)21)14-24-5-7-25(8-6-24)18-3-4-19(23-22-18)26-9-11-27-12-10-26/h1-4,13H,5-12,14H2. The molecule has 1 aromatic heterocycles. The van der Waals surface area contributed by atoms with Crippen molar-refractivity contribution in [2.45, 2.75) is 6.54 Å². The number of hydrogen-bond donors (Lipinski definition) is 0. The number of hydrogen-bond acceptors (Lipinski definition) is 6. The van der Waals surface area contributed by atoms with E-state index >= 15 is 0 Å². The summed E-state index contributed by atoms with van der Waals surface area (Å²) in [4.78, 5) is 6.93. The normalized spacial score (nSPS) is 18.7. The van der Waals surface area contributed by atoms with Crippen molar-refractivity contribution < 1.29 is 4.74 Å². The van der Waals surface area contributed by atoms with Gasteiger partial charge in [0, 0.05) is 45.8 Å². The predicted octanol–water partition coefficient (Wildman–Crippen LogP) is 2.94. The van der Waals surface area contributed by atoms with Gasteiger partial charge in [0.15, 0.2) is 11.6 Å². The Hall–Kier alpha value is -1.60. The van der Waals surface area contributed by atoms with Gasteiger partial charge in [-0.1, -0.05) is 29.3 Å². The van der Waals surface area contributed by atoms with Gasteiger partial charge in [-0.05, 0) is 29.8 Å². The fraction of sp³-hybridized carbons (Fsp3) is 0.474. The third kappa shape index (κ3) is 4.63. The second-order valence-corrected chi connectivity index (χ2v) is 7.68. The lowest BCUT2D eigenvalue weighted by atomic mass is 10.2. The maximum Gasteiger partial charge on any atom is 0.151 e. The first-order chi connectivity index (χ1) is 13.2. The van der Waals surface area contributed by atoms with E-state index in [9.17, 15) is 0 Å². The van der Waals surface area contributed by atoms with Crippen LogP contribution in [0.3, 0.4) is 0 Å². The van der Waals surface area contributed by atoms with Gasteiger partial charge in [0.05, 0.1) is 23.3 Å². The number of anilines is 2. The fourth-order valence-corrected chi connectivity index (χ4v) is 3.80. The first-order valence-electron chi connectivity index (χ1n) is 9.27. The molecule has 27 heavy (non-hydrogen) atoms. The maximum absolute atomic E-state index is 6.12. The molecule has 0 bridgehead atoms. The van der Waals surface area contributed by atoms with Crippen molar-refractivity contribution in [1.82, 2.24) is 15.1 Å². The molecule has 2 aromatic rings. The highest BCUT2D eigenvalue weighted by atomic mass is 35.5. The van der Waals surface area contributed by atoms with E-state index in [1.165, 1.54) is 5.56 Å². The number of aromatic nitrogens is 2. The van der Waals surface area contributed by atoms with Crippen molar-refractivity contribution in [3.05, 3.63) is 45.9 Å². The van der Waals surface area contributed by atoms with E-state index in [1.54, 1.807) is 0 Å². The maximum atomic E-state index is 6.12. The number of morpholine rings is 1. The van der Waals surface area contributed by atoms with Gasteiger partial charge in [0.25, 0.3) is 0 Å². The van der Waals surface area contributed by atoms with Crippen LogP contribution in [0.25, 0.3) is 0 Å². The summed E-state index contributed by atoms with van der Waals surface area (Å²) in [6.45, 7) is 7.98. The van der Waals surface area contributed by atoms with Crippen LogP contribution < -0.4 is 9.80 Å². The van der Waals surface area contributed by atoms with Crippen LogP contribution in [-0.4, -0.2) is 67.6 Å². The smallest absolute Gasteiger partial charge is 0.151 e. The summed E-state index contributed by atoms with van der Waals surface area (Å²) in [6, 6.07) is 9.99. The molecule has 3 heterocycles. The van der Waals surface area contributed by atoms with Crippen LogP contribution in [0.2, 0.25) is 10.0 Å². The zero-order chi connectivity index (χ0) is 18.6. The molecular formula is C19H23Cl2N5O. The molecule has 0 radical (unpaired) electrons. The van der Waals surface area contributed by atoms with Gasteiger partial charge in [0.2, 0.25) is 0 Å². The molecule has 4 rings (SSSR count). The Labute approximate surface area is 169 Å². The second kappa shape index (κ2) is 8.61. The molecule has 0 unspecified atom stereocenters. The fourth-order valence-electron chi connectivity index (χ4n) is 3.48. The number of piperazine rings is 1. The molecule has 6 nitrogen and oxygen atoms in total. The number of ether oxygens (including phenoxy) is 1. The minimum Gasteiger partial charge on any atom is -0.378 e. The highest BCUT2D eigenvalue weighted by molar-refractivity contribution is 6.42. The molecule has 2 aliphatic rings. The molecule has 0 spiro atoms. The van der Waals surface area contributed by atoms with Crippen LogP contribution in [0.15, 0.2) is 30.3 Å². The van der Waals surface area contributed by atoms with E-state index < -0.39 is 0 Å². The number of halogens is 2. The van der Waals surface area contributed by atoms with Crippen LogP contribution in [-0.2, 0) is 11.3 Å². The van der Waals surface area contributed by atoms with Gasteiger partial charge in [0.1, 0.15) is 0 Å². The highest BCUT2D eigenvalue weighted by Crippen LogP contribution is 2.24. The molecular weight excluding hydrogens is 385 g/mol. The van der Waals surface area contributed by atoms with Crippen molar-refractivity contribution in [3.8, 4) is 0 Å². The Morgan fingerprint density at radius 3 is 2.00 bits per heavy atom. The Bertz CT molecular complexity index is 759. The van der Waals surface area contributed by atoms with Crippen LogP contribution >= 0.6 is 23.2 Å². The average molecular weight is 408 g/mol. The Morgan fingerprint density at radius 2 is 1.41 bits per heavy atom. The van der Waals surface area contributed by atoms with Gasteiger partial charge in [-0.25, -0.2) is 0 Å². The lowest BCUT2D eigenvalue weighted by Crippen LogP contribution is -2.46. The van der Waals surface area contributed by atoms with E-state index in [0.29, 0.717) is 10.0 Å². The van der Waals surface area contributed by atoms with Crippen molar-refractivity contribution in [3.63, 3.8) is 0 Å². The molecule has 0 amide bonds. The molecule has 2 saturated heterocycles. The number of nitrogens with zero attached hydrogens (tertiary/aromatic N) is 5. The molecule has 2 fully saturated rings. The van der Waals surface area contributed by atoms with E-state index in [2.05, 4.69) is 37.0 Å². The van der Waals surface area contributed by atoms with Crippen LogP contribution in [0.4, 0.5) is 11.6 Å². The minimum atomic E-state index is 0.601. The summed E-state index contributed by atoms with van der Waals surface area (Å²) in [7, 11) is 0. The molecule has 0 atom stereocenters. The van der Waals surface area contributed by atoms with Crippen LogP contribution in [0.5, 0.6) is 0 Å². The van der Waals surface area contributed by atoms with Crippen molar-refractivity contribution in [2.24, 2.45) is 0 Å². The van der Waals surface area contributed by atoms with E-state index in [-0.39, 0.29) is 0 Å². The summed E-state index contributed by atoms with van der Waals surface area (Å²) in [5.74, 6) is 1.88. The summed E-state index contributed by atoms with van der Waals surface area (Å²) in [5.41, 5.74) is 1.19. The zero-order valence-corrected chi connectivity index (χ0v) is 16.7. The average Bonchev–Trinajstić information content (AvgIpc) is 2.72. The molecule has 0 aliphatic carbocycles. The molecule has 2 aliphatic heterocycles. The minimum absolute atomic E-state index is 0.601. The van der Waals surface area contributed by atoms with Crippen molar-refractivity contribution in [1.29, 1.82) is 0 Å². The van der Waals surface area contributed by atoms with E-state index in [1.807, 2.05) is 18.2 Å². The first kappa shape index (κ1) is 18.7. The van der Waals surface area contributed by atoms with Gasteiger partial charge >= 0.3 is 0 Å². The predicted molar refractivity (Wildman–Crippen MR) is 109 cm³/mol. The lowest BCUT2D eigenvalue weighted by Gasteiger charge is -2.35. The Morgan fingerprint density at radius 1 is 0.778 bits per heavy atom. The topological polar surface area (TPSA) is 44.7 Å². The third-order valence-electron chi connectivity index (χ3n) is 5.06. The van der Waals surface area contributed by atoms with Gasteiger partial charge < -0.3 is 14.5 Å². The largest absolute Gasteiger partial charge is 0.378 e. The van der Waals surface area contributed by atoms with Gasteiger partial charge in [-0.15, -0.1) is 10.2 Å². The first-order valence-corrected chi connectivity index (χ1v) is 10.0. The lowest BCUT2D eigenvalue weighted by molar-refractivity contribution is 0.122. The summed E-state index contributed by atoms with van der Waals surface area (Å²) in [5, 5.41) is 10.1. The molecule has 8 heteroatoms. The SMILES string of the molecule is Clc1ccc(CN2CCN(c3ccc(N4CCOCC4)nn3)CC2)cc1Cl. The molecule has 144 valence electrons. The van der Waals surface area contributed by atoms with Crippen LogP contribution in [0, 0.1) is 0 Å². The summed E-state index contributed by atoms with van der Waals surface area (Å²) in [6.07, 6.45) is 0. The Kier molecular flexibility index (Phi) is 5.98. The van der Waals surface area contributed by atoms with Gasteiger partial charge in [-0.3, -0.25) is 4.90 Å². The zero-order valence-electron chi connectivity index (χ0n) is 15.2. The van der Waals surface area contributed by atoms with E-state index in [4.69, 9.17) is 27.9 Å². The monoisotopic (exact) mass is 407 g/mol.